The van der Waals surface area contributed by atoms with Gasteiger partial charge in [0.05, 0.1) is 17.8 Å². The third-order valence-corrected chi connectivity index (χ3v) is 3.94. The number of ether oxygens (including phenoxy) is 1. The van der Waals surface area contributed by atoms with Gasteiger partial charge in [0.2, 0.25) is 0 Å². The van der Waals surface area contributed by atoms with Crippen LogP contribution in [0.4, 0.5) is 0 Å². The number of rotatable bonds is 5. The molecule has 0 radical (unpaired) electrons. The third kappa shape index (κ3) is 3.66. The highest BCUT2D eigenvalue weighted by Gasteiger charge is 2.50. The first kappa shape index (κ1) is 16.1. The van der Waals surface area contributed by atoms with Crippen LogP contribution < -0.4 is 4.74 Å². The predicted molar refractivity (Wildman–Crippen MR) is 85.1 cm³/mol. The molecule has 0 bridgehead atoms. The number of pyridine rings is 1. The fraction of sp³-hybridized carbons (Fsp3) is 0.562. The Morgan fingerprint density at radius 2 is 1.90 bits per heavy atom. The second-order valence-electron chi connectivity index (χ2n) is 6.22. The Labute approximate surface area is 127 Å². The van der Waals surface area contributed by atoms with E-state index in [1.165, 1.54) is 0 Å². The average molecular weight is 289 g/mol. The van der Waals surface area contributed by atoms with E-state index < -0.39 is 0 Å². The molecule has 1 aliphatic heterocycles. The molecule has 0 saturated carbocycles. The molecule has 5 heteroatoms. The first-order valence-corrected chi connectivity index (χ1v) is 7.47. The van der Waals surface area contributed by atoms with Gasteiger partial charge >= 0.3 is 7.12 Å². The van der Waals surface area contributed by atoms with Crippen molar-refractivity contribution in [3.05, 3.63) is 30.0 Å². The molecule has 0 atom stereocenters. The van der Waals surface area contributed by atoms with E-state index in [2.05, 4.69) is 11.9 Å². The molecule has 4 nitrogen and oxygen atoms in total. The molecule has 1 fully saturated rings. The minimum atomic E-state index is -0.365. The van der Waals surface area contributed by atoms with Crippen molar-refractivity contribution < 1.29 is 14.0 Å². The van der Waals surface area contributed by atoms with Crippen molar-refractivity contribution in [2.24, 2.45) is 0 Å². The van der Waals surface area contributed by atoms with Gasteiger partial charge in [-0.1, -0.05) is 12.9 Å². The largest absolute Gasteiger partial charge is 0.491 e. The van der Waals surface area contributed by atoms with Crippen LogP contribution in [-0.4, -0.2) is 29.9 Å². The van der Waals surface area contributed by atoms with E-state index in [0.29, 0.717) is 6.61 Å². The molecule has 0 unspecified atom stereocenters. The van der Waals surface area contributed by atoms with E-state index in [4.69, 9.17) is 14.0 Å². The number of hydrogen-bond donors (Lipinski definition) is 0. The van der Waals surface area contributed by atoms with Crippen molar-refractivity contribution in [3.63, 3.8) is 0 Å². The van der Waals surface area contributed by atoms with Crippen LogP contribution in [0.1, 0.15) is 46.7 Å². The van der Waals surface area contributed by atoms with E-state index in [9.17, 15) is 0 Å². The average Bonchev–Trinajstić information content (AvgIpc) is 2.63. The van der Waals surface area contributed by atoms with Crippen LogP contribution in [0.25, 0.3) is 6.08 Å². The van der Waals surface area contributed by atoms with Crippen molar-refractivity contribution in [1.82, 2.24) is 4.98 Å². The van der Waals surface area contributed by atoms with Crippen molar-refractivity contribution in [1.29, 1.82) is 0 Å². The van der Waals surface area contributed by atoms with E-state index in [0.717, 1.165) is 17.9 Å². The Hall–Kier alpha value is -1.33. The fourth-order valence-corrected chi connectivity index (χ4v) is 2.00. The zero-order chi connectivity index (χ0) is 15.5. The molecule has 1 aliphatic rings. The van der Waals surface area contributed by atoms with Crippen LogP contribution in [0.15, 0.2) is 24.3 Å². The topological polar surface area (TPSA) is 40.6 Å². The van der Waals surface area contributed by atoms with Gasteiger partial charge in [-0.25, -0.2) is 0 Å². The minimum absolute atomic E-state index is 0.326. The summed E-state index contributed by atoms with van der Waals surface area (Å²) < 4.78 is 17.5. The van der Waals surface area contributed by atoms with Crippen molar-refractivity contribution in [2.45, 2.75) is 52.2 Å². The van der Waals surface area contributed by atoms with Crippen LogP contribution in [0.5, 0.6) is 5.75 Å². The van der Waals surface area contributed by atoms with Gasteiger partial charge in [0.15, 0.2) is 0 Å². The third-order valence-electron chi connectivity index (χ3n) is 3.94. The normalized spacial score (nSPS) is 20.1. The fourth-order valence-electron chi connectivity index (χ4n) is 2.00. The van der Waals surface area contributed by atoms with Crippen molar-refractivity contribution in [3.8, 4) is 5.75 Å². The SMILES string of the molecule is CCCOc1cccnc1/C=C/B1OC(C)(C)C(C)(C)O1. The molecular formula is C16H24BNO3. The highest BCUT2D eigenvalue weighted by molar-refractivity contribution is 6.52. The summed E-state index contributed by atoms with van der Waals surface area (Å²) in [4.78, 5) is 4.34. The summed E-state index contributed by atoms with van der Waals surface area (Å²) in [5, 5.41) is 0. The van der Waals surface area contributed by atoms with Gasteiger partial charge in [-0.3, -0.25) is 4.98 Å². The maximum Gasteiger partial charge on any atom is 0.487 e. The summed E-state index contributed by atoms with van der Waals surface area (Å²) in [5.74, 6) is 2.67. The summed E-state index contributed by atoms with van der Waals surface area (Å²) in [6, 6.07) is 3.80. The molecule has 114 valence electrons. The first-order valence-electron chi connectivity index (χ1n) is 7.47. The van der Waals surface area contributed by atoms with E-state index in [-0.39, 0.29) is 18.3 Å². The summed E-state index contributed by atoms with van der Waals surface area (Å²) >= 11 is 0. The molecular weight excluding hydrogens is 265 g/mol. The van der Waals surface area contributed by atoms with Gasteiger partial charge in [0.1, 0.15) is 11.4 Å². The lowest BCUT2D eigenvalue weighted by molar-refractivity contribution is 0.00578. The molecule has 0 aliphatic carbocycles. The lowest BCUT2D eigenvalue weighted by Crippen LogP contribution is -2.41. The molecule has 0 amide bonds. The Bertz CT molecular complexity index is 498. The van der Waals surface area contributed by atoms with Gasteiger partial charge in [0.25, 0.3) is 0 Å². The van der Waals surface area contributed by atoms with Crippen LogP contribution in [-0.2, 0) is 9.31 Å². The molecule has 2 heterocycles. The van der Waals surface area contributed by atoms with E-state index in [1.807, 2.05) is 51.9 Å². The van der Waals surface area contributed by atoms with Gasteiger partial charge in [-0.2, -0.15) is 0 Å². The maximum atomic E-state index is 5.93. The van der Waals surface area contributed by atoms with Gasteiger partial charge < -0.3 is 14.0 Å². The Kier molecular flexibility index (Phi) is 4.74. The van der Waals surface area contributed by atoms with Gasteiger partial charge in [-0.15, -0.1) is 0 Å². The highest BCUT2D eigenvalue weighted by Crippen LogP contribution is 2.37. The molecule has 0 N–H and O–H groups in total. The molecule has 1 aromatic heterocycles. The first-order chi connectivity index (χ1) is 9.86. The molecule has 1 aromatic rings. The van der Waals surface area contributed by atoms with E-state index >= 15 is 0 Å². The molecule has 2 rings (SSSR count). The van der Waals surface area contributed by atoms with Crippen LogP contribution >= 0.6 is 0 Å². The van der Waals surface area contributed by atoms with Crippen LogP contribution in [0, 0.1) is 0 Å². The Morgan fingerprint density at radius 1 is 1.24 bits per heavy atom. The van der Waals surface area contributed by atoms with Crippen molar-refractivity contribution >= 4 is 13.2 Å². The summed E-state index contributed by atoms with van der Waals surface area (Å²) in [7, 11) is -0.365. The smallest absolute Gasteiger partial charge is 0.487 e. The van der Waals surface area contributed by atoms with Gasteiger partial charge in [0, 0.05) is 6.20 Å². The highest BCUT2D eigenvalue weighted by atomic mass is 16.7. The maximum absolute atomic E-state index is 5.93. The van der Waals surface area contributed by atoms with Gasteiger partial charge in [-0.05, 0) is 52.3 Å². The summed E-state index contributed by atoms with van der Waals surface area (Å²) in [6.45, 7) is 10.9. The monoisotopic (exact) mass is 289 g/mol. The summed E-state index contributed by atoms with van der Waals surface area (Å²) in [6.07, 6.45) is 4.62. The Morgan fingerprint density at radius 3 is 2.52 bits per heavy atom. The lowest BCUT2D eigenvalue weighted by Gasteiger charge is -2.32. The minimum Gasteiger partial charge on any atom is -0.491 e. The van der Waals surface area contributed by atoms with Crippen LogP contribution in [0.3, 0.4) is 0 Å². The predicted octanol–water partition coefficient (Wildman–Crippen LogP) is 3.52. The molecule has 0 spiro atoms. The van der Waals surface area contributed by atoms with E-state index in [1.54, 1.807) is 6.20 Å². The second-order valence-corrected chi connectivity index (χ2v) is 6.22. The quantitative estimate of drug-likeness (QED) is 0.778. The molecule has 21 heavy (non-hydrogen) atoms. The number of hydrogen-bond acceptors (Lipinski definition) is 4. The number of aromatic nitrogens is 1. The molecule has 0 aromatic carbocycles. The number of nitrogens with zero attached hydrogens (tertiary/aromatic N) is 1. The lowest BCUT2D eigenvalue weighted by atomic mass is 9.89. The zero-order valence-electron chi connectivity index (χ0n) is 13.6. The zero-order valence-corrected chi connectivity index (χ0v) is 13.6. The molecule has 1 saturated heterocycles. The van der Waals surface area contributed by atoms with Crippen LogP contribution in [0.2, 0.25) is 0 Å². The summed E-state index contributed by atoms with van der Waals surface area (Å²) in [5.41, 5.74) is 0.141. The standard InChI is InChI=1S/C16H24BNO3/c1-6-12-19-14-8-7-11-18-13(14)9-10-17-20-15(2,3)16(4,5)21-17/h7-11H,6,12H2,1-5H3/b10-9+. The van der Waals surface area contributed by atoms with Crippen molar-refractivity contribution in [2.75, 3.05) is 6.61 Å². The Balaban J connectivity index is 2.09. The second kappa shape index (κ2) is 6.20.